The van der Waals surface area contributed by atoms with Crippen molar-refractivity contribution >= 4 is 59.2 Å². The molecule has 0 fully saturated rings. The number of unbranched alkanes of at least 4 members (excludes halogenated alkanes) is 1. The molecule has 24 nitrogen and oxygen atoms in total. The van der Waals surface area contributed by atoms with E-state index < -0.39 is 115 Å². The fraction of sp³-hybridized carbons (Fsp3) is 0.688. The van der Waals surface area contributed by atoms with E-state index in [1.807, 2.05) is 0 Å². The second-order valence-corrected chi connectivity index (χ2v) is 13.3. The first-order valence-electron chi connectivity index (χ1n) is 17.8. The summed E-state index contributed by atoms with van der Waals surface area (Å²) in [6.45, 7) is 4.19. The fourth-order valence-corrected chi connectivity index (χ4v) is 4.89. The zero-order valence-electron chi connectivity index (χ0n) is 31.7. The summed E-state index contributed by atoms with van der Waals surface area (Å²) in [5, 5.41) is 41.9. The summed E-state index contributed by atoms with van der Waals surface area (Å²) < 4.78 is 0. The number of primary amides is 1. The van der Waals surface area contributed by atoms with Gasteiger partial charge in [-0.3, -0.25) is 48.1 Å². The highest BCUT2D eigenvalue weighted by Crippen LogP contribution is 2.09. The Labute approximate surface area is 323 Å². The number of hydrogen-bond donors (Lipinski definition) is 14. The number of carbonyl (C=O) groups is 9. The Hall–Kier alpha value is -5.62. The number of nitrogens with zero attached hydrogens (tertiary/aromatic N) is 1. The lowest BCUT2D eigenvalue weighted by Gasteiger charge is -2.27. The monoisotopic (exact) mass is 802 g/mol. The molecule has 0 saturated heterocycles. The number of aliphatic hydroxyl groups is 1. The minimum atomic E-state index is -1.87. The van der Waals surface area contributed by atoms with Crippen LogP contribution in [-0.2, 0) is 43.2 Å². The molecule has 0 saturated carbocycles. The number of nitrogens with one attached hydrogen (secondary N) is 6. The van der Waals surface area contributed by atoms with E-state index in [-0.39, 0.29) is 50.7 Å². The molecule has 0 aromatic heterocycles. The molecule has 0 radical (unpaired) electrons. The number of carboxylic acids is 2. The van der Waals surface area contributed by atoms with Crippen LogP contribution in [0.15, 0.2) is 4.99 Å². The van der Waals surface area contributed by atoms with E-state index in [4.69, 9.17) is 33.8 Å². The van der Waals surface area contributed by atoms with Crippen molar-refractivity contribution in [3.05, 3.63) is 0 Å². The van der Waals surface area contributed by atoms with Crippen LogP contribution in [0, 0.1) is 5.92 Å². The molecule has 0 bridgehead atoms. The smallest absolute Gasteiger partial charge is 0.322 e. The summed E-state index contributed by atoms with van der Waals surface area (Å²) in [5.41, 5.74) is 27.2. The third kappa shape index (κ3) is 21.3. The number of carboxylic acid groups (broad SMARTS) is 2. The van der Waals surface area contributed by atoms with Gasteiger partial charge in [0.2, 0.25) is 41.4 Å². The normalized spacial score (nSPS) is 14.6. The van der Waals surface area contributed by atoms with E-state index in [0.29, 0.717) is 12.8 Å². The number of aliphatic hydroxyl groups excluding tert-OH is 1. The number of guanidine groups is 1. The second kappa shape index (κ2) is 26.2. The average molecular weight is 803 g/mol. The second-order valence-electron chi connectivity index (χ2n) is 13.3. The molecule has 0 aromatic carbocycles. The molecule has 0 aliphatic heterocycles. The van der Waals surface area contributed by atoms with Crippen LogP contribution in [0.5, 0.6) is 0 Å². The molecule has 318 valence electrons. The molecule has 0 aromatic rings. The number of amides is 7. The van der Waals surface area contributed by atoms with Crippen molar-refractivity contribution in [1.82, 2.24) is 31.9 Å². The molecule has 0 aliphatic rings. The SMILES string of the molecule is CC(C)C[C@H](NC(=O)[C@H](CC(N)=O)NC(=O)[C@H](CC(=O)O)NC(=O)[C@H](CCCCN)NC(=O)[C@@H](N)[C@@H](C)O)C(=O)N[C@@H](CCCN=C(N)N)C(=O)NCC(=O)O. The number of aliphatic carboxylic acids is 2. The van der Waals surface area contributed by atoms with Crippen molar-refractivity contribution in [2.45, 2.75) is 114 Å². The summed E-state index contributed by atoms with van der Waals surface area (Å²) in [4.78, 5) is 118. The summed E-state index contributed by atoms with van der Waals surface area (Å²) >= 11 is 0. The number of nitrogens with two attached hydrogens (primary N) is 5. The Morgan fingerprint density at radius 1 is 0.607 bits per heavy atom. The van der Waals surface area contributed by atoms with Gasteiger partial charge in [-0.15, -0.1) is 0 Å². The van der Waals surface area contributed by atoms with Gasteiger partial charge in [0.1, 0.15) is 42.8 Å². The third-order valence-corrected chi connectivity index (χ3v) is 7.78. The summed E-state index contributed by atoms with van der Waals surface area (Å²) in [6, 6.07) is -9.18. The quantitative estimate of drug-likeness (QED) is 0.0199. The van der Waals surface area contributed by atoms with Crippen LogP contribution < -0.4 is 60.6 Å². The zero-order valence-corrected chi connectivity index (χ0v) is 31.7. The van der Waals surface area contributed by atoms with Gasteiger partial charge in [-0.25, -0.2) is 0 Å². The Bertz CT molecular complexity index is 1410. The topological polar surface area (TPSA) is 429 Å². The minimum Gasteiger partial charge on any atom is -0.481 e. The summed E-state index contributed by atoms with van der Waals surface area (Å²) in [5.74, 6) is -10.6. The average Bonchev–Trinajstić information content (AvgIpc) is 3.09. The minimum absolute atomic E-state index is 0.0208. The zero-order chi connectivity index (χ0) is 43.1. The first-order valence-corrected chi connectivity index (χ1v) is 17.8. The van der Waals surface area contributed by atoms with Gasteiger partial charge in [0.15, 0.2) is 5.96 Å². The molecule has 0 heterocycles. The molecule has 7 atom stereocenters. The van der Waals surface area contributed by atoms with Crippen LogP contribution in [0.1, 0.15) is 72.1 Å². The molecular weight excluding hydrogens is 744 g/mol. The van der Waals surface area contributed by atoms with E-state index in [1.165, 1.54) is 6.92 Å². The van der Waals surface area contributed by atoms with E-state index in [1.54, 1.807) is 13.8 Å². The van der Waals surface area contributed by atoms with Crippen LogP contribution in [0.4, 0.5) is 0 Å². The molecule has 19 N–H and O–H groups in total. The van der Waals surface area contributed by atoms with Crippen LogP contribution in [0.3, 0.4) is 0 Å². The predicted octanol–water partition coefficient (Wildman–Crippen LogP) is -6.10. The van der Waals surface area contributed by atoms with Crippen LogP contribution in [-0.4, -0.2) is 137 Å². The Balaban J connectivity index is 6.32. The van der Waals surface area contributed by atoms with Gasteiger partial charge >= 0.3 is 11.9 Å². The number of carbonyl (C=O) groups excluding carboxylic acids is 7. The highest BCUT2D eigenvalue weighted by atomic mass is 16.4. The molecular formula is C32H58N12O12. The van der Waals surface area contributed by atoms with Gasteiger partial charge in [-0.1, -0.05) is 13.8 Å². The van der Waals surface area contributed by atoms with Crippen molar-refractivity contribution in [3.8, 4) is 0 Å². The van der Waals surface area contributed by atoms with Gasteiger partial charge in [0, 0.05) is 6.54 Å². The standard InChI is InChI=1S/C32H58N12O12/c1-15(2)11-19(28(53)40-17(8-6-10-38-32(36)37)26(51)39-14-24(49)50)42-29(54)20(12-22(34)46)43-30(55)21(13-23(47)48)44-27(52)18(7-4-5-9-33)41-31(56)25(35)16(3)45/h15-21,25,45H,4-14,33,35H2,1-3H3,(H2,34,46)(H,39,51)(H,40,53)(H,41,56)(H,42,54)(H,43,55)(H,44,52)(H,47,48)(H,49,50)(H4,36,37,38)/t16-,17+,18+,19+,20+,21+,25+/m1/s1. The van der Waals surface area contributed by atoms with E-state index in [0.717, 1.165) is 0 Å². The molecule has 56 heavy (non-hydrogen) atoms. The van der Waals surface area contributed by atoms with Gasteiger partial charge in [-0.05, 0) is 57.9 Å². The van der Waals surface area contributed by atoms with Crippen LogP contribution in [0.2, 0.25) is 0 Å². The molecule has 7 amide bonds. The van der Waals surface area contributed by atoms with Crippen LogP contribution >= 0.6 is 0 Å². The maximum Gasteiger partial charge on any atom is 0.322 e. The molecule has 0 rings (SSSR count). The maximum atomic E-state index is 13.6. The summed E-state index contributed by atoms with van der Waals surface area (Å²) in [7, 11) is 0. The summed E-state index contributed by atoms with van der Waals surface area (Å²) in [6.07, 6.45) is -2.37. The lowest BCUT2D eigenvalue weighted by atomic mass is 10.0. The van der Waals surface area contributed by atoms with Crippen molar-refractivity contribution < 1.29 is 58.5 Å². The number of aliphatic imine (C=N–C) groups is 1. The first kappa shape index (κ1) is 50.4. The molecule has 24 heteroatoms. The first-order chi connectivity index (χ1) is 26.1. The molecule has 0 aliphatic carbocycles. The van der Waals surface area contributed by atoms with Crippen molar-refractivity contribution in [1.29, 1.82) is 0 Å². The highest BCUT2D eigenvalue weighted by Gasteiger charge is 2.34. The van der Waals surface area contributed by atoms with Crippen LogP contribution in [0.25, 0.3) is 0 Å². The van der Waals surface area contributed by atoms with Gasteiger partial charge in [0.05, 0.1) is 18.9 Å². The van der Waals surface area contributed by atoms with Crippen molar-refractivity contribution in [2.75, 3.05) is 19.6 Å². The molecule has 0 unspecified atom stereocenters. The number of rotatable bonds is 28. The van der Waals surface area contributed by atoms with Crippen molar-refractivity contribution in [3.63, 3.8) is 0 Å². The Kier molecular flexibility index (Phi) is 23.6. The Morgan fingerprint density at radius 2 is 1.07 bits per heavy atom. The molecule has 0 spiro atoms. The van der Waals surface area contributed by atoms with E-state index in [2.05, 4.69) is 36.9 Å². The fourth-order valence-electron chi connectivity index (χ4n) is 4.89. The maximum absolute atomic E-state index is 13.6. The lowest BCUT2D eigenvalue weighted by molar-refractivity contribution is -0.142. The predicted molar refractivity (Wildman–Crippen MR) is 198 cm³/mol. The Morgan fingerprint density at radius 3 is 1.55 bits per heavy atom. The van der Waals surface area contributed by atoms with Crippen molar-refractivity contribution in [2.24, 2.45) is 39.6 Å². The number of hydrogen-bond acceptors (Lipinski definition) is 13. The largest absolute Gasteiger partial charge is 0.481 e. The van der Waals surface area contributed by atoms with Gasteiger partial charge in [0.25, 0.3) is 0 Å². The van der Waals surface area contributed by atoms with E-state index in [9.17, 15) is 53.4 Å². The van der Waals surface area contributed by atoms with Gasteiger partial charge < -0.3 is 75.9 Å². The van der Waals surface area contributed by atoms with E-state index >= 15 is 0 Å². The highest BCUT2D eigenvalue weighted by molar-refractivity contribution is 5.99. The third-order valence-electron chi connectivity index (χ3n) is 7.78. The lowest BCUT2D eigenvalue weighted by Crippen LogP contribution is -2.60. The van der Waals surface area contributed by atoms with Gasteiger partial charge in [-0.2, -0.15) is 0 Å².